The van der Waals surface area contributed by atoms with Crippen LogP contribution >= 0.6 is 17.0 Å². The van der Waals surface area contributed by atoms with Crippen molar-refractivity contribution in [3.63, 3.8) is 0 Å². The number of hydrogen-bond acceptors (Lipinski definition) is 2. The topological polar surface area (TPSA) is 54.4 Å². The minimum atomic E-state index is -0.841. The van der Waals surface area contributed by atoms with Gasteiger partial charge in [0.05, 0.1) is 0 Å². The molecule has 0 heterocycles. The Hall–Kier alpha value is -0.380. The number of halogens is 1. The summed E-state index contributed by atoms with van der Waals surface area (Å²) >= 11 is 0. The molecule has 0 rings (SSSR count). The molecule has 0 atom stereocenters. The molecule has 0 saturated carbocycles. The molecular weight excluding hydrogens is 188 g/mol. The molecule has 0 aromatic heterocycles. The van der Waals surface area contributed by atoms with Crippen molar-refractivity contribution in [2.75, 3.05) is 0 Å². The van der Waals surface area contributed by atoms with Gasteiger partial charge in [0, 0.05) is 12.8 Å². The van der Waals surface area contributed by atoms with E-state index < -0.39 is 5.97 Å². The molecule has 0 amide bonds. The second-order valence-corrected chi connectivity index (χ2v) is 1.45. The molecule has 0 aromatic rings. The molecule has 0 saturated heterocycles. The smallest absolute Gasteiger partial charge is 0.303 e. The highest BCUT2D eigenvalue weighted by molar-refractivity contribution is 8.93. The first-order valence-corrected chi connectivity index (χ1v) is 2.43. The van der Waals surface area contributed by atoms with E-state index in [4.69, 9.17) is 5.11 Å². The molecule has 0 aliphatic heterocycles. The zero-order valence-corrected chi connectivity index (χ0v) is 6.58. The van der Waals surface area contributed by atoms with Gasteiger partial charge >= 0.3 is 5.97 Å². The maximum Gasteiger partial charge on any atom is 0.303 e. The van der Waals surface area contributed by atoms with Crippen molar-refractivity contribution in [1.82, 2.24) is 0 Å². The SMILES string of the molecule is Br.O=CCCCC(=O)O. The Labute approximate surface area is 63.8 Å². The number of aldehydes is 1. The van der Waals surface area contributed by atoms with Crippen LogP contribution < -0.4 is 0 Å². The second kappa shape index (κ2) is 7.62. The van der Waals surface area contributed by atoms with Crippen LogP contribution in [-0.2, 0) is 9.59 Å². The Morgan fingerprint density at radius 3 is 2.44 bits per heavy atom. The Morgan fingerprint density at radius 2 is 2.11 bits per heavy atom. The normalized spacial score (nSPS) is 7.56. The summed E-state index contributed by atoms with van der Waals surface area (Å²) in [6, 6.07) is 0. The number of unbranched alkanes of at least 4 members (excludes halogenated alkanes) is 1. The van der Waals surface area contributed by atoms with Crippen molar-refractivity contribution in [2.24, 2.45) is 0 Å². The van der Waals surface area contributed by atoms with Crippen LogP contribution in [0.3, 0.4) is 0 Å². The van der Waals surface area contributed by atoms with Crippen molar-refractivity contribution >= 4 is 29.2 Å². The molecular formula is C5H9BrO3. The maximum atomic E-state index is 9.76. The van der Waals surface area contributed by atoms with E-state index in [1.807, 2.05) is 0 Å². The molecule has 0 radical (unpaired) electrons. The van der Waals surface area contributed by atoms with E-state index in [-0.39, 0.29) is 23.4 Å². The number of rotatable bonds is 4. The summed E-state index contributed by atoms with van der Waals surface area (Å²) in [5.41, 5.74) is 0. The lowest BCUT2D eigenvalue weighted by atomic mass is 10.2. The third-order valence-electron chi connectivity index (χ3n) is 0.713. The lowest BCUT2D eigenvalue weighted by Crippen LogP contribution is -1.93. The van der Waals surface area contributed by atoms with Gasteiger partial charge in [-0.2, -0.15) is 0 Å². The van der Waals surface area contributed by atoms with Crippen molar-refractivity contribution in [3.8, 4) is 0 Å². The van der Waals surface area contributed by atoms with Crippen LogP contribution in [0, 0.1) is 0 Å². The molecule has 9 heavy (non-hydrogen) atoms. The summed E-state index contributed by atoms with van der Waals surface area (Å²) < 4.78 is 0. The average molecular weight is 197 g/mol. The van der Waals surface area contributed by atoms with Gasteiger partial charge in [-0.05, 0) is 6.42 Å². The Bertz CT molecular complexity index is 92.2. The largest absolute Gasteiger partial charge is 0.481 e. The van der Waals surface area contributed by atoms with E-state index >= 15 is 0 Å². The highest BCUT2D eigenvalue weighted by Gasteiger charge is 1.93. The standard InChI is InChI=1S/C5H8O3.BrH/c6-4-2-1-3-5(7)8;/h4H,1-3H2,(H,7,8);1H. The molecule has 4 heteroatoms. The monoisotopic (exact) mass is 196 g/mol. The first-order valence-electron chi connectivity index (χ1n) is 2.43. The highest BCUT2D eigenvalue weighted by Crippen LogP contribution is 1.90. The number of carboxylic acids is 1. The number of carbonyl (C=O) groups excluding carboxylic acids is 1. The predicted molar refractivity (Wildman–Crippen MR) is 37.9 cm³/mol. The zero-order chi connectivity index (χ0) is 6.41. The van der Waals surface area contributed by atoms with Gasteiger partial charge in [0.2, 0.25) is 0 Å². The fraction of sp³-hybridized carbons (Fsp3) is 0.600. The highest BCUT2D eigenvalue weighted by atomic mass is 79.9. The van der Waals surface area contributed by atoms with Gasteiger partial charge in [-0.1, -0.05) is 0 Å². The van der Waals surface area contributed by atoms with Crippen molar-refractivity contribution < 1.29 is 14.7 Å². The van der Waals surface area contributed by atoms with Crippen LogP contribution in [-0.4, -0.2) is 17.4 Å². The summed E-state index contributed by atoms with van der Waals surface area (Å²) in [6.45, 7) is 0. The van der Waals surface area contributed by atoms with Gasteiger partial charge in [0.1, 0.15) is 6.29 Å². The molecule has 0 aromatic carbocycles. The molecule has 3 nitrogen and oxygen atoms in total. The first-order chi connectivity index (χ1) is 3.77. The van der Waals surface area contributed by atoms with Crippen molar-refractivity contribution in [2.45, 2.75) is 19.3 Å². The van der Waals surface area contributed by atoms with E-state index in [9.17, 15) is 9.59 Å². The molecule has 0 spiro atoms. The maximum absolute atomic E-state index is 9.76. The lowest BCUT2D eigenvalue weighted by Gasteiger charge is -1.85. The Morgan fingerprint density at radius 1 is 1.56 bits per heavy atom. The molecule has 1 N–H and O–H groups in total. The van der Waals surface area contributed by atoms with Crippen LogP contribution in [0.5, 0.6) is 0 Å². The number of aliphatic carboxylic acids is 1. The minimum Gasteiger partial charge on any atom is -0.481 e. The zero-order valence-electron chi connectivity index (χ0n) is 4.87. The predicted octanol–water partition coefficient (Wildman–Crippen LogP) is 1.02. The molecule has 0 aliphatic carbocycles. The van der Waals surface area contributed by atoms with Crippen LogP contribution in [0.1, 0.15) is 19.3 Å². The van der Waals surface area contributed by atoms with E-state index in [2.05, 4.69) is 0 Å². The second-order valence-electron chi connectivity index (χ2n) is 1.45. The van der Waals surface area contributed by atoms with E-state index in [1.54, 1.807) is 0 Å². The molecule has 0 aliphatic rings. The van der Waals surface area contributed by atoms with Gasteiger partial charge in [0.25, 0.3) is 0 Å². The third-order valence-corrected chi connectivity index (χ3v) is 0.713. The third kappa shape index (κ3) is 11.3. The van der Waals surface area contributed by atoms with Crippen LogP contribution in [0.2, 0.25) is 0 Å². The lowest BCUT2D eigenvalue weighted by molar-refractivity contribution is -0.137. The van der Waals surface area contributed by atoms with Crippen LogP contribution in [0.4, 0.5) is 0 Å². The van der Waals surface area contributed by atoms with Gasteiger partial charge in [-0.25, -0.2) is 0 Å². The van der Waals surface area contributed by atoms with E-state index in [1.165, 1.54) is 0 Å². The fourth-order valence-electron chi connectivity index (χ4n) is 0.337. The number of carboxylic acid groups (broad SMARTS) is 1. The minimum absolute atomic E-state index is 0. The summed E-state index contributed by atoms with van der Waals surface area (Å²) in [7, 11) is 0. The van der Waals surface area contributed by atoms with Gasteiger partial charge < -0.3 is 9.90 Å². The molecule has 0 fully saturated rings. The summed E-state index contributed by atoms with van der Waals surface area (Å²) in [6.07, 6.45) is 1.63. The summed E-state index contributed by atoms with van der Waals surface area (Å²) in [5, 5.41) is 8.02. The summed E-state index contributed by atoms with van der Waals surface area (Å²) in [5.74, 6) is -0.841. The molecule has 0 unspecified atom stereocenters. The quantitative estimate of drug-likeness (QED) is 0.540. The molecule has 0 bridgehead atoms. The number of hydrogen-bond donors (Lipinski definition) is 1. The van der Waals surface area contributed by atoms with Crippen molar-refractivity contribution in [3.05, 3.63) is 0 Å². The van der Waals surface area contributed by atoms with Crippen molar-refractivity contribution in [1.29, 1.82) is 0 Å². The van der Waals surface area contributed by atoms with E-state index in [0.29, 0.717) is 12.8 Å². The van der Waals surface area contributed by atoms with Gasteiger partial charge in [-0.3, -0.25) is 4.79 Å². The fourth-order valence-corrected chi connectivity index (χ4v) is 0.337. The number of carbonyl (C=O) groups is 2. The Balaban J connectivity index is 0. The van der Waals surface area contributed by atoms with Gasteiger partial charge in [-0.15, -0.1) is 17.0 Å². The first kappa shape index (κ1) is 11.4. The van der Waals surface area contributed by atoms with E-state index in [0.717, 1.165) is 6.29 Å². The Kier molecular flexibility index (Phi) is 9.67. The van der Waals surface area contributed by atoms with Crippen LogP contribution in [0.25, 0.3) is 0 Å². The average Bonchev–Trinajstić information content (AvgIpc) is 1.66. The summed E-state index contributed by atoms with van der Waals surface area (Å²) in [4.78, 5) is 19.4. The van der Waals surface area contributed by atoms with Crippen LogP contribution in [0.15, 0.2) is 0 Å². The van der Waals surface area contributed by atoms with Gasteiger partial charge in [0.15, 0.2) is 0 Å². The molecule has 54 valence electrons.